The highest BCUT2D eigenvalue weighted by Crippen LogP contribution is 2.38. The number of likely N-dealkylation sites (N-methyl/N-ethyl adjacent to an activating group) is 1. The zero-order valence-corrected chi connectivity index (χ0v) is 18.8. The van der Waals surface area contributed by atoms with Gasteiger partial charge in [0.05, 0.1) is 27.0 Å². The fourth-order valence-corrected chi connectivity index (χ4v) is 4.15. The highest BCUT2D eigenvalue weighted by molar-refractivity contribution is 6.17. The summed E-state index contributed by atoms with van der Waals surface area (Å²) in [6, 6.07) is 9.64. The second kappa shape index (κ2) is 7.69. The number of fused-ring (bicyclic) bond motifs is 2. The van der Waals surface area contributed by atoms with Gasteiger partial charge in [0, 0.05) is 35.2 Å². The Kier molecular flexibility index (Phi) is 5.17. The van der Waals surface area contributed by atoms with Gasteiger partial charge < -0.3 is 24.1 Å². The first-order valence-corrected chi connectivity index (χ1v) is 10.2. The SMILES string of the molecule is COc1ccc2[nH]cc(C(=O)C3=Cc4cc(OC)c(OC)cc4CC(C)(C)N3C)c2c1. The van der Waals surface area contributed by atoms with E-state index in [-0.39, 0.29) is 11.3 Å². The molecule has 0 amide bonds. The summed E-state index contributed by atoms with van der Waals surface area (Å²) in [5, 5.41) is 0.841. The van der Waals surface area contributed by atoms with E-state index in [1.165, 1.54) is 0 Å². The lowest BCUT2D eigenvalue weighted by Gasteiger charge is -2.37. The van der Waals surface area contributed by atoms with Crippen molar-refractivity contribution in [3.05, 3.63) is 58.9 Å². The highest BCUT2D eigenvalue weighted by Gasteiger charge is 2.33. The second-order valence-corrected chi connectivity index (χ2v) is 8.43. The molecule has 0 fully saturated rings. The van der Waals surface area contributed by atoms with Crippen LogP contribution < -0.4 is 14.2 Å². The molecule has 0 bridgehead atoms. The summed E-state index contributed by atoms with van der Waals surface area (Å²) in [5.74, 6) is 2.00. The minimum atomic E-state index is -0.282. The molecule has 0 saturated heterocycles. The first-order valence-electron chi connectivity index (χ1n) is 10.2. The summed E-state index contributed by atoms with van der Waals surface area (Å²) >= 11 is 0. The Labute approximate surface area is 182 Å². The Morgan fingerprint density at radius 3 is 2.42 bits per heavy atom. The first kappa shape index (κ1) is 20.8. The van der Waals surface area contributed by atoms with Gasteiger partial charge in [-0.25, -0.2) is 0 Å². The Morgan fingerprint density at radius 1 is 1.03 bits per heavy atom. The zero-order chi connectivity index (χ0) is 22.3. The van der Waals surface area contributed by atoms with Crippen LogP contribution in [0.4, 0.5) is 0 Å². The third-order valence-electron chi connectivity index (χ3n) is 6.20. The van der Waals surface area contributed by atoms with Crippen LogP contribution in [0, 0.1) is 0 Å². The van der Waals surface area contributed by atoms with Crippen LogP contribution >= 0.6 is 0 Å². The highest BCUT2D eigenvalue weighted by atomic mass is 16.5. The Bertz CT molecular complexity index is 1190. The molecule has 0 unspecified atom stereocenters. The monoisotopic (exact) mass is 420 g/mol. The van der Waals surface area contributed by atoms with Gasteiger partial charge in [-0.3, -0.25) is 4.79 Å². The summed E-state index contributed by atoms with van der Waals surface area (Å²) in [4.78, 5) is 19.1. The summed E-state index contributed by atoms with van der Waals surface area (Å²) in [7, 11) is 6.85. The third kappa shape index (κ3) is 3.52. The van der Waals surface area contributed by atoms with Crippen molar-refractivity contribution in [3.8, 4) is 17.2 Å². The maximum absolute atomic E-state index is 13.8. The van der Waals surface area contributed by atoms with Gasteiger partial charge in [-0.05, 0) is 67.8 Å². The summed E-state index contributed by atoms with van der Waals surface area (Å²) in [6.45, 7) is 4.27. The number of hydrogen-bond acceptors (Lipinski definition) is 5. The Balaban J connectivity index is 1.88. The van der Waals surface area contributed by atoms with Gasteiger partial charge in [0.25, 0.3) is 0 Å². The number of carbonyl (C=O) groups is 1. The van der Waals surface area contributed by atoms with E-state index in [0.29, 0.717) is 28.5 Å². The first-order chi connectivity index (χ1) is 14.8. The van der Waals surface area contributed by atoms with Crippen molar-refractivity contribution in [3.63, 3.8) is 0 Å². The molecule has 3 aromatic rings. The normalized spacial score (nSPS) is 15.2. The molecule has 0 spiro atoms. The summed E-state index contributed by atoms with van der Waals surface area (Å²) in [5.41, 5.74) is 3.92. The molecule has 1 N–H and O–H groups in total. The summed E-state index contributed by atoms with van der Waals surface area (Å²) in [6.07, 6.45) is 4.48. The van der Waals surface area contributed by atoms with Crippen LogP contribution in [0.5, 0.6) is 17.2 Å². The van der Waals surface area contributed by atoms with Crippen molar-refractivity contribution < 1.29 is 19.0 Å². The van der Waals surface area contributed by atoms with Crippen molar-refractivity contribution in [2.75, 3.05) is 28.4 Å². The van der Waals surface area contributed by atoms with Gasteiger partial charge in [0.15, 0.2) is 11.5 Å². The molecule has 4 rings (SSSR count). The number of Topliss-reactive ketones (excluding diaryl/α,β-unsaturated/α-hetero) is 1. The molecule has 6 nitrogen and oxygen atoms in total. The maximum Gasteiger partial charge on any atom is 0.211 e. The lowest BCUT2D eigenvalue weighted by Crippen LogP contribution is -2.43. The Morgan fingerprint density at radius 2 is 1.74 bits per heavy atom. The molecule has 0 aliphatic carbocycles. The smallest absolute Gasteiger partial charge is 0.211 e. The van der Waals surface area contributed by atoms with Crippen LogP contribution in [0.2, 0.25) is 0 Å². The number of H-pyrrole nitrogens is 1. The molecule has 0 atom stereocenters. The van der Waals surface area contributed by atoms with Crippen molar-refractivity contribution >= 4 is 22.8 Å². The number of aromatic nitrogens is 1. The van der Waals surface area contributed by atoms with Gasteiger partial charge >= 0.3 is 0 Å². The molecular formula is C25H28N2O4. The largest absolute Gasteiger partial charge is 0.497 e. The zero-order valence-electron chi connectivity index (χ0n) is 18.8. The molecule has 31 heavy (non-hydrogen) atoms. The standard InChI is InChI=1S/C25H28N2O4/c1-25(2)13-16-11-23(31-6)22(30-5)10-15(16)9-21(27(25)3)24(28)19-14-26-20-8-7-17(29-4)12-18(19)20/h7-12,14,26H,13H2,1-6H3. The number of allylic oxidation sites excluding steroid dienone is 1. The lowest BCUT2D eigenvalue weighted by molar-refractivity contribution is 0.0959. The number of nitrogens with one attached hydrogen (secondary N) is 1. The average Bonchev–Trinajstić information content (AvgIpc) is 3.15. The molecule has 1 aliphatic rings. The van der Waals surface area contributed by atoms with E-state index in [9.17, 15) is 4.79 Å². The van der Waals surface area contributed by atoms with E-state index in [1.807, 2.05) is 43.5 Å². The predicted octanol–water partition coefficient (Wildman–Crippen LogP) is 4.68. The molecule has 6 heteroatoms. The van der Waals surface area contributed by atoms with E-state index >= 15 is 0 Å². The maximum atomic E-state index is 13.8. The van der Waals surface area contributed by atoms with Gasteiger partial charge in [-0.2, -0.15) is 0 Å². The number of nitrogens with zero attached hydrogens (tertiary/aromatic N) is 1. The van der Waals surface area contributed by atoms with Gasteiger partial charge in [0.1, 0.15) is 5.75 Å². The van der Waals surface area contributed by atoms with Crippen molar-refractivity contribution in [1.82, 2.24) is 9.88 Å². The number of ether oxygens (including phenoxy) is 3. The number of hydrogen-bond donors (Lipinski definition) is 1. The number of rotatable bonds is 5. The van der Waals surface area contributed by atoms with E-state index < -0.39 is 0 Å². The minimum Gasteiger partial charge on any atom is -0.497 e. The quantitative estimate of drug-likeness (QED) is 0.607. The molecule has 1 aliphatic heterocycles. The molecule has 2 aromatic carbocycles. The number of aromatic amines is 1. The number of ketones is 1. The van der Waals surface area contributed by atoms with Crippen molar-refractivity contribution in [2.45, 2.75) is 25.8 Å². The number of benzene rings is 2. The minimum absolute atomic E-state index is 0.0438. The molecule has 162 valence electrons. The average molecular weight is 421 g/mol. The second-order valence-electron chi connectivity index (χ2n) is 8.43. The van der Waals surface area contributed by atoms with E-state index in [4.69, 9.17) is 14.2 Å². The number of carbonyl (C=O) groups excluding carboxylic acids is 1. The number of methoxy groups -OCH3 is 3. The van der Waals surface area contributed by atoms with Crippen LogP contribution in [-0.4, -0.2) is 49.6 Å². The van der Waals surface area contributed by atoms with Crippen LogP contribution in [0.15, 0.2) is 42.2 Å². The molecule has 2 heterocycles. The Hall–Kier alpha value is -3.41. The van der Waals surface area contributed by atoms with Gasteiger partial charge in [0.2, 0.25) is 5.78 Å². The van der Waals surface area contributed by atoms with Gasteiger partial charge in [-0.1, -0.05) is 0 Å². The van der Waals surface area contributed by atoms with Crippen molar-refractivity contribution in [2.24, 2.45) is 0 Å². The predicted molar refractivity (Wildman–Crippen MR) is 122 cm³/mol. The molecule has 0 radical (unpaired) electrons. The van der Waals surface area contributed by atoms with Crippen molar-refractivity contribution in [1.29, 1.82) is 0 Å². The molecule has 1 aromatic heterocycles. The van der Waals surface area contributed by atoms with Crippen LogP contribution in [-0.2, 0) is 6.42 Å². The van der Waals surface area contributed by atoms with Gasteiger partial charge in [-0.15, -0.1) is 0 Å². The lowest BCUT2D eigenvalue weighted by atomic mass is 9.92. The fraction of sp³-hybridized carbons (Fsp3) is 0.320. The van der Waals surface area contributed by atoms with E-state index in [0.717, 1.165) is 28.5 Å². The third-order valence-corrected chi connectivity index (χ3v) is 6.20. The van der Waals surface area contributed by atoms with E-state index in [1.54, 1.807) is 27.5 Å². The fourth-order valence-electron chi connectivity index (χ4n) is 4.15. The van der Waals surface area contributed by atoms with Crippen LogP contribution in [0.3, 0.4) is 0 Å². The van der Waals surface area contributed by atoms with Crippen LogP contribution in [0.25, 0.3) is 17.0 Å². The molecule has 0 saturated carbocycles. The summed E-state index contributed by atoms with van der Waals surface area (Å²) < 4.78 is 16.4. The topological polar surface area (TPSA) is 63.8 Å². The molecular weight excluding hydrogens is 392 g/mol. The van der Waals surface area contributed by atoms with E-state index in [2.05, 4.69) is 23.7 Å². The van der Waals surface area contributed by atoms with Crippen LogP contribution in [0.1, 0.15) is 35.3 Å².